The van der Waals surface area contributed by atoms with Crippen molar-refractivity contribution in [2.75, 3.05) is 33.9 Å². The third-order valence-electron chi connectivity index (χ3n) is 4.71. The summed E-state index contributed by atoms with van der Waals surface area (Å²) >= 11 is 0. The second-order valence-electron chi connectivity index (χ2n) is 6.00. The number of hydrogen-bond acceptors (Lipinski definition) is 3. The second-order valence-corrected chi connectivity index (χ2v) is 6.00. The molecule has 118 valence electrons. The van der Waals surface area contributed by atoms with Crippen LogP contribution < -0.4 is 4.74 Å². The van der Waals surface area contributed by atoms with Gasteiger partial charge in [0.05, 0.1) is 13.7 Å². The van der Waals surface area contributed by atoms with Crippen LogP contribution in [0.25, 0.3) is 10.8 Å². The molecule has 1 fully saturated rings. The third-order valence-corrected chi connectivity index (χ3v) is 4.71. The number of fused-ring (bicyclic) bond motifs is 1. The fraction of sp³-hybridized carbons (Fsp3) is 0.474. The Balaban J connectivity index is 1.87. The molecule has 1 atom stereocenters. The van der Waals surface area contributed by atoms with E-state index in [1.807, 2.05) is 0 Å². The van der Waals surface area contributed by atoms with Crippen LogP contribution >= 0.6 is 0 Å². The van der Waals surface area contributed by atoms with Crippen LogP contribution in [0.5, 0.6) is 5.75 Å². The Morgan fingerprint density at radius 3 is 2.73 bits per heavy atom. The lowest BCUT2D eigenvalue weighted by atomic mass is 9.97. The van der Waals surface area contributed by atoms with Gasteiger partial charge in [-0.15, -0.1) is 0 Å². The monoisotopic (exact) mass is 299 g/mol. The maximum Gasteiger partial charge on any atom is 0.126 e. The summed E-state index contributed by atoms with van der Waals surface area (Å²) in [6, 6.07) is 13.5. The Bertz CT molecular complexity index is 621. The molecule has 0 saturated carbocycles. The van der Waals surface area contributed by atoms with E-state index in [0.717, 1.165) is 25.3 Å². The topological polar surface area (TPSA) is 21.7 Å². The van der Waals surface area contributed by atoms with Gasteiger partial charge < -0.3 is 9.47 Å². The average molecular weight is 299 g/mol. The van der Waals surface area contributed by atoms with Crippen LogP contribution in [-0.2, 0) is 11.2 Å². The number of rotatable bonds is 6. The summed E-state index contributed by atoms with van der Waals surface area (Å²) in [6.45, 7) is 3.04. The molecule has 0 radical (unpaired) electrons. The first-order valence-corrected chi connectivity index (χ1v) is 8.11. The fourth-order valence-corrected chi connectivity index (χ4v) is 3.61. The van der Waals surface area contributed by atoms with E-state index >= 15 is 0 Å². The van der Waals surface area contributed by atoms with Gasteiger partial charge in [-0.3, -0.25) is 4.90 Å². The molecule has 2 aromatic carbocycles. The summed E-state index contributed by atoms with van der Waals surface area (Å²) in [6.07, 6.45) is 3.65. The van der Waals surface area contributed by atoms with Crippen LogP contribution in [0.1, 0.15) is 18.4 Å². The molecular weight excluding hydrogens is 274 g/mol. The van der Waals surface area contributed by atoms with Gasteiger partial charge in [0.15, 0.2) is 0 Å². The van der Waals surface area contributed by atoms with E-state index in [-0.39, 0.29) is 0 Å². The van der Waals surface area contributed by atoms with Crippen molar-refractivity contribution in [1.29, 1.82) is 0 Å². The van der Waals surface area contributed by atoms with Crippen LogP contribution in [0.3, 0.4) is 0 Å². The van der Waals surface area contributed by atoms with Gasteiger partial charge in [-0.1, -0.05) is 30.3 Å². The molecule has 0 aliphatic carbocycles. The van der Waals surface area contributed by atoms with Crippen LogP contribution in [0.4, 0.5) is 0 Å². The molecule has 2 aromatic rings. The number of likely N-dealkylation sites (tertiary alicyclic amines) is 1. The van der Waals surface area contributed by atoms with Crippen molar-refractivity contribution < 1.29 is 9.47 Å². The third kappa shape index (κ3) is 3.11. The van der Waals surface area contributed by atoms with Gasteiger partial charge in [0.1, 0.15) is 5.75 Å². The van der Waals surface area contributed by atoms with Crippen molar-refractivity contribution in [3.63, 3.8) is 0 Å². The lowest BCUT2D eigenvalue weighted by Gasteiger charge is -2.25. The highest BCUT2D eigenvalue weighted by atomic mass is 16.5. The van der Waals surface area contributed by atoms with Crippen LogP contribution in [-0.4, -0.2) is 44.9 Å². The predicted octanol–water partition coefficient (Wildman–Crippen LogP) is 3.50. The highest BCUT2D eigenvalue weighted by Gasteiger charge is 2.25. The first-order chi connectivity index (χ1) is 10.8. The van der Waals surface area contributed by atoms with Crippen LogP contribution in [0, 0.1) is 0 Å². The Labute approximate surface area is 132 Å². The smallest absolute Gasteiger partial charge is 0.126 e. The normalized spacial score (nSPS) is 18.9. The van der Waals surface area contributed by atoms with Gasteiger partial charge >= 0.3 is 0 Å². The molecule has 0 bridgehead atoms. The van der Waals surface area contributed by atoms with E-state index in [9.17, 15) is 0 Å². The van der Waals surface area contributed by atoms with E-state index < -0.39 is 0 Å². The maximum atomic E-state index is 5.59. The van der Waals surface area contributed by atoms with Crippen molar-refractivity contribution in [3.8, 4) is 5.75 Å². The molecule has 0 amide bonds. The lowest BCUT2D eigenvalue weighted by Crippen LogP contribution is -2.33. The highest BCUT2D eigenvalue weighted by molar-refractivity contribution is 5.91. The van der Waals surface area contributed by atoms with Gasteiger partial charge in [-0.05, 0) is 42.8 Å². The van der Waals surface area contributed by atoms with Crippen LogP contribution in [0.15, 0.2) is 36.4 Å². The molecule has 1 heterocycles. The number of ether oxygens (including phenoxy) is 2. The second kappa shape index (κ2) is 7.12. The number of benzene rings is 2. The quantitative estimate of drug-likeness (QED) is 0.815. The van der Waals surface area contributed by atoms with Crippen molar-refractivity contribution in [2.45, 2.75) is 25.3 Å². The highest BCUT2D eigenvalue weighted by Crippen LogP contribution is 2.31. The molecule has 0 spiro atoms. The van der Waals surface area contributed by atoms with Gasteiger partial charge in [-0.2, -0.15) is 0 Å². The molecule has 1 aliphatic heterocycles. The molecule has 0 unspecified atom stereocenters. The standard InChI is InChI=1S/C19H25NO2/c1-21-13-12-20-11-5-9-17(20)14-16-8-3-6-15-7-4-10-18(22-2)19(15)16/h3-4,6-8,10,17H,5,9,11-14H2,1-2H3/t17-/m1/s1. The summed E-state index contributed by atoms with van der Waals surface area (Å²) < 4.78 is 10.8. The van der Waals surface area contributed by atoms with E-state index in [0.29, 0.717) is 6.04 Å². The number of nitrogens with zero attached hydrogens (tertiary/aromatic N) is 1. The van der Waals surface area contributed by atoms with Crippen molar-refractivity contribution >= 4 is 10.8 Å². The molecule has 3 heteroatoms. The number of methoxy groups -OCH3 is 2. The first kappa shape index (κ1) is 15.3. The zero-order valence-electron chi connectivity index (χ0n) is 13.5. The first-order valence-electron chi connectivity index (χ1n) is 8.11. The predicted molar refractivity (Wildman–Crippen MR) is 90.7 cm³/mol. The maximum absolute atomic E-state index is 5.59. The Morgan fingerprint density at radius 2 is 1.95 bits per heavy atom. The summed E-state index contributed by atoms with van der Waals surface area (Å²) in [4.78, 5) is 2.57. The van der Waals surface area contributed by atoms with E-state index in [4.69, 9.17) is 9.47 Å². The fourth-order valence-electron chi connectivity index (χ4n) is 3.61. The average Bonchev–Trinajstić information content (AvgIpc) is 2.99. The Morgan fingerprint density at radius 1 is 1.14 bits per heavy atom. The summed E-state index contributed by atoms with van der Waals surface area (Å²) in [7, 11) is 3.53. The minimum atomic E-state index is 0.616. The molecule has 3 nitrogen and oxygen atoms in total. The Hall–Kier alpha value is -1.58. The molecule has 1 saturated heterocycles. The molecular formula is C19H25NO2. The minimum Gasteiger partial charge on any atom is -0.496 e. The van der Waals surface area contributed by atoms with Gasteiger partial charge in [0.2, 0.25) is 0 Å². The zero-order chi connectivity index (χ0) is 15.4. The van der Waals surface area contributed by atoms with Gasteiger partial charge in [-0.25, -0.2) is 0 Å². The van der Waals surface area contributed by atoms with Crippen molar-refractivity contribution in [3.05, 3.63) is 42.0 Å². The zero-order valence-corrected chi connectivity index (χ0v) is 13.5. The van der Waals surface area contributed by atoms with Gasteiger partial charge in [0.25, 0.3) is 0 Å². The van der Waals surface area contributed by atoms with Crippen molar-refractivity contribution in [2.24, 2.45) is 0 Å². The molecule has 0 N–H and O–H groups in total. The van der Waals surface area contributed by atoms with E-state index in [1.54, 1.807) is 14.2 Å². The van der Waals surface area contributed by atoms with Crippen molar-refractivity contribution in [1.82, 2.24) is 4.90 Å². The molecule has 0 aromatic heterocycles. The molecule has 22 heavy (non-hydrogen) atoms. The Kier molecular flexibility index (Phi) is 4.96. The number of hydrogen-bond donors (Lipinski definition) is 0. The lowest BCUT2D eigenvalue weighted by molar-refractivity contribution is 0.141. The SMILES string of the molecule is COCCN1CCC[C@@H]1Cc1cccc2cccc(OC)c12. The molecule has 3 rings (SSSR count). The van der Waals surface area contributed by atoms with Crippen LogP contribution in [0.2, 0.25) is 0 Å². The van der Waals surface area contributed by atoms with E-state index in [2.05, 4.69) is 41.3 Å². The summed E-state index contributed by atoms with van der Waals surface area (Å²) in [5.74, 6) is 0.981. The van der Waals surface area contributed by atoms with Gasteiger partial charge in [0, 0.05) is 25.1 Å². The molecule has 1 aliphatic rings. The summed E-state index contributed by atoms with van der Waals surface area (Å²) in [5, 5.41) is 2.53. The largest absolute Gasteiger partial charge is 0.496 e. The summed E-state index contributed by atoms with van der Waals surface area (Å²) in [5.41, 5.74) is 1.39. The minimum absolute atomic E-state index is 0.616. The van der Waals surface area contributed by atoms with E-state index in [1.165, 1.54) is 35.7 Å².